The molecule has 0 spiro atoms. The Morgan fingerprint density at radius 1 is 1.15 bits per heavy atom. The third-order valence-corrected chi connectivity index (χ3v) is 4.98. The SMILES string of the molecule is O=C(NC(C1CC1)C1CC1)C1CNCc2ccccc21. The van der Waals surface area contributed by atoms with Crippen molar-refractivity contribution in [1.29, 1.82) is 0 Å². The largest absolute Gasteiger partial charge is 0.352 e. The minimum absolute atomic E-state index is 0.0139. The number of hydrogen-bond acceptors (Lipinski definition) is 2. The highest BCUT2D eigenvalue weighted by Crippen LogP contribution is 2.44. The van der Waals surface area contributed by atoms with Gasteiger partial charge in [-0.3, -0.25) is 4.79 Å². The van der Waals surface area contributed by atoms with Gasteiger partial charge in [0.2, 0.25) is 5.91 Å². The van der Waals surface area contributed by atoms with Crippen molar-refractivity contribution in [2.75, 3.05) is 6.54 Å². The molecular formula is C17H22N2O. The van der Waals surface area contributed by atoms with Crippen LogP contribution in [-0.2, 0) is 11.3 Å². The molecule has 0 bridgehead atoms. The van der Waals surface area contributed by atoms with Gasteiger partial charge in [-0.15, -0.1) is 0 Å². The second-order valence-electron chi connectivity index (χ2n) is 6.59. The van der Waals surface area contributed by atoms with Crippen LogP contribution in [-0.4, -0.2) is 18.5 Å². The first-order valence-electron chi connectivity index (χ1n) is 7.92. The van der Waals surface area contributed by atoms with E-state index < -0.39 is 0 Å². The molecule has 3 aliphatic rings. The highest BCUT2D eigenvalue weighted by Gasteiger charge is 2.43. The van der Waals surface area contributed by atoms with Crippen LogP contribution in [0.3, 0.4) is 0 Å². The lowest BCUT2D eigenvalue weighted by Gasteiger charge is -2.28. The molecule has 2 fully saturated rings. The zero-order valence-corrected chi connectivity index (χ0v) is 11.8. The van der Waals surface area contributed by atoms with Crippen LogP contribution in [0, 0.1) is 11.8 Å². The minimum Gasteiger partial charge on any atom is -0.352 e. The number of hydrogen-bond donors (Lipinski definition) is 2. The molecule has 0 radical (unpaired) electrons. The maximum atomic E-state index is 12.7. The molecular weight excluding hydrogens is 248 g/mol. The lowest BCUT2D eigenvalue weighted by molar-refractivity contribution is -0.123. The summed E-state index contributed by atoms with van der Waals surface area (Å²) in [5, 5.41) is 6.75. The van der Waals surface area contributed by atoms with Gasteiger partial charge in [0.15, 0.2) is 0 Å². The highest BCUT2D eigenvalue weighted by molar-refractivity contribution is 5.85. The summed E-state index contributed by atoms with van der Waals surface area (Å²) < 4.78 is 0. The monoisotopic (exact) mass is 270 g/mol. The topological polar surface area (TPSA) is 41.1 Å². The number of rotatable bonds is 4. The van der Waals surface area contributed by atoms with Crippen molar-refractivity contribution in [2.24, 2.45) is 11.8 Å². The average molecular weight is 270 g/mol. The molecule has 2 N–H and O–H groups in total. The van der Waals surface area contributed by atoms with E-state index in [2.05, 4.69) is 28.8 Å². The van der Waals surface area contributed by atoms with Crippen LogP contribution >= 0.6 is 0 Å². The van der Waals surface area contributed by atoms with Crippen LogP contribution in [0.2, 0.25) is 0 Å². The molecule has 0 saturated heterocycles. The Labute approximate surface area is 120 Å². The van der Waals surface area contributed by atoms with E-state index in [1.807, 2.05) is 6.07 Å². The van der Waals surface area contributed by atoms with Gasteiger partial charge in [-0.1, -0.05) is 24.3 Å². The van der Waals surface area contributed by atoms with Gasteiger partial charge in [-0.2, -0.15) is 0 Å². The first-order chi connectivity index (χ1) is 9.83. The van der Waals surface area contributed by atoms with Gasteiger partial charge in [-0.25, -0.2) is 0 Å². The molecule has 3 heteroatoms. The molecule has 2 saturated carbocycles. The fourth-order valence-electron chi connectivity index (χ4n) is 3.53. The Morgan fingerprint density at radius 2 is 1.85 bits per heavy atom. The van der Waals surface area contributed by atoms with E-state index in [9.17, 15) is 4.79 Å². The van der Waals surface area contributed by atoms with Gasteiger partial charge in [-0.05, 0) is 48.6 Å². The normalized spacial score (nSPS) is 25.4. The molecule has 1 unspecified atom stereocenters. The Hall–Kier alpha value is -1.35. The van der Waals surface area contributed by atoms with Crippen molar-refractivity contribution in [2.45, 2.75) is 44.2 Å². The smallest absolute Gasteiger partial charge is 0.229 e. The Kier molecular flexibility index (Phi) is 3.03. The summed E-state index contributed by atoms with van der Waals surface area (Å²) >= 11 is 0. The van der Waals surface area contributed by atoms with Gasteiger partial charge in [0.25, 0.3) is 0 Å². The molecule has 1 atom stereocenters. The first kappa shape index (κ1) is 12.4. The van der Waals surface area contributed by atoms with E-state index in [0.29, 0.717) is 6.04 Å². The summed E-state index contributed by atoms with van der Waals surface area (Å²) in [4.78, 5) is 12.7. The van der Waals surface area contributed by atoms with Crippen molar-refractivity contribution in [3.05, 3.63) is 35.4 Å². The van der Waals surface area contributed by atoms with Crippen molar-refractivity contribution in [3.8, 4) is 0 Å². The number of fused-ring (bicyclic) bond motifs is 1. The van der Waals surface area contributed by atoms with Crippen molar-refractivity contribution in [3.63, 3.8) is 0 Å². The van der Waals surface area contributed by atoms with Gasteiger partial charge >= 0.3 is 0 Å². The van der Waals surface area contributed by atoms with Crippen LogP contribution in [0.15, 0.2) is 24.3 Å². The minimum atomic E-state index is -0.0139. The molecule has 1 amide bonds. The van der Waals surface area contributed by atoms with Gasteiger partial charge in [0.1, 0.15) is 0 Å². The predicted octanol–water partition coefficient (Wildman–Crippen LogP) is 2.18. The Balaban J connectivity index is 1.51. The lowest BCUT2D eigenvalue weighted by atomic mass is 9.89. The molecule has 1 aliphatic heterocycles. The van der Waals surface area contributed by atoms with Crippen LogP contribution in [0.4, 0.5) is 0 Å². The maximum absolute atomic E-state index is 12.7. The molecule has 1 aromatic carbocycles. The first-order valence-corrected chi connectivity index (χ1v) is 7.92. The van der Waals surface area contributed by atoms with Crippen molar-refractivity contribution < 1.29 is 4.79 Å². The molecule has 20 heavy (non-hydrogen) atoms. The van der Waals surface area contributed by atoms with Gasteiger partial charge in [0, 0.05) is 19.1 Å². The summed E-state index contributed by atoms with van der Waals surface area (Å²) in [6, 6.07) is 8.79. The van der Waals surface area contributed by atoms with Crippen molar-refractivity contribution in [1.82, 2.24) is 10.6 Å². The number of carbonyl (C=O) groups is 1. The van der Waals surface area contributed by atoms with Crippen molar-refractivity contribution >= 4 is 5.91 Å². The summed E-state index contributed by atoms with van der Waals surface area (Å²) in [6.45, 7) is 1.65. The number of amides is 1. The fraction of sp³-hybridized carbons (Fsp3) is 0.588. The average Bonchev–Trinajstić information content (AvgIpc) is 3.37. The maximum Gasteiger partial charge on any atom is 0.229 e. The molecule has 106 valence electrons. The standard InChI is InChI=1S/C17H22N2O/c20-17(19-16(11-5-6-11)12-7-8-12)15-10-18-9-13-3-1-2-4-14(13)15/h1-4,11-12,15-16,18H,5-10H2,(H,19,20). The third-order valence-electron chi connectivity index (χ3n) is 4.98. The summed E-state index contributed by atoms with van der Waals surface area (Å²) in [6.07, 6.45) is 5.23. The molecule has 2 aliphatic carbocycles. The van der Waals surface area contributed by atoms with Crippen LogP contribution in [0.25, 0.3) is 0 Å². The van der Waals surface area contributed by atoms with E-state index in [-0.39, 0.29) is 11.8 Å². The predicted molar refractivity (Wildman–Crippen MR) is 78.3 cm³/mol. The second kappa shape index (κ2) is 4.88. The molecule has 3 nitrogen and oxygen atoms in total. The van der Waals surface area contributed by atoms with Gasteiger partial charge in [0.05, 0.1) is 5.92 Å². The van der Waals surface area contributed by atoms with E-state index >= 15 is 0 Å². The zero-order chi connectivity index (χ0) is 13.5. The quantitative estimate of drug-likeness (QED) is 0.880. The van der Waals surface area contributed by atoms with E-state index in [1.165, 1.54) is 36.8 Å². The molecule has 0 aromatic heterocycles. The Morgan fingerprint density at radius 3 is 2.55 bits per heavy atom. The molecule has 1 heterocycles. The second-order valence-corrected chi connectivity index (χ2v) is 6.59. The summed E-state index contributed by atoms with van der Waals surface area (Å²) in [5.74, 6) is 1.74. The highest BCUT2D eigenvalue weighted by atomic mass is 16.2. The number of benzene rings is 1. The molecule has 1 aromatic rings. The van der Waals surface area contributed by atoms with E-state index in [0.717, 1.165) is 24.9 Å². The molecule has 4 rings (SSSR count). The zero-order valence-electron chi connectivity index (χ0n) is 11.8. The number of nitrogens with one attached hydrogen (secondary N) is 2. The Bertz CT molecular complexity index is 507. The third kappa shape index (κ3) is 2.35. The van der Waals surface area contributed by atoms with E-state index in [4.69, 9.17) is 0 Å². The van der Waals surface area contributed by atoms with Crippen LogP contribution in [0.5, 0.6) is 0 Å². The summed E-state index contributed by atoms with van der Waals surface area (Å²) in [7, 11) is 0. The van der Waals surface area contributed by atoms with Gasteiger partial charge < -0.3 is 10.6 Å². The lowest BCUT2D eigenvalue weighted by Crippen LogP contribution is -2.44. The van der Waals surface area contributed by atoms with Crippen LogP contribution < -0.4 is 10.6 Å². The van der Waals surface area contributed by atoms with E-state index in [1.54, 1.807) is 0 Å². The fourth-order valence-corrected chi connectivity index (χ4v) is 3.53. The van der Waals surface area contributed by atoms with Crippen LogP contribution in [0.1, 0.15) is 42.7 Å². The number of carbonyl (C=O) groups excluding carboxylic acids is 1. The summed E-state index contributed by atoms with van der Waals surface area (Å²) in [5.41, 5.74) is 2.49.